The molecule has 0 atom stereocenters. The third kappa shape index (κ3) is 4.88. The van der Waals surface area contributed by atoms with Gasteiger partial charge in [-0.2, -0.15) is 0 Å². The second kappa shape index (κ2) is 9.04. The van der Waals surface area contributed by atoms with Crippen LogP contribution in [0.5, 0.6) is 0 Å². The van der Waals surface area contributed by atoms with Crippen LogP contribution in [0, 0.1) is 13.8 Å². The van der Waals surface area contributed by atoms with Crippen molar-refractivity contribution in [1.29, 1.82) is 0 Å². The molecule has 0 aliphatic heterocycles. The third-order valence-electron chi connectivity index (χ3n) is 4.49. The Kier molecular flexibility index (Phi) is 6.27. The van der Waals surface area contributed by atoms with E-state index in [2.05, 4.69) is 10.6 Å². The maximum Gasteiger partial charge on any atom is 0.254 e. The molecule has 0 saturated heterocycles. The molecule has 2 amide bonds. The van der Waals surface area contributed by atoms with Gasteiger partial charge in [-0.3, -0.25) is 9.59 Å². The van der Waals surface area contributed by atoms with Gasteiger partial charge in [0.25, 0.3) is 5.91 Å². The molecule has 3 rings (SSSR count). The molecule has 1 heterocycles. The minimum absolute atomic E-state index is 0.127. The average molecular weight is 376 g/mol. The van der Waals surface area contributed by atoms with Gasteiger partial charge in [-0.15, -0.1) is 0 Å². The number of nitrogens with one attached hydrogen (secondary N) is 2. The van der Waals surface area contributed by atoms with Gasteiger partial charge in [0, 0.05) is 13.0 Å². The zero-order valence-corrected chi connectivity index (χ0v) is 16.1. The van der Waals surface area contributed by atoms with E-state index in [1.54, 1.807) is 19.9 Å². The van der Waals surface area contributed by atoms with Gasteiger partial charge in [-0.25, -0.2) is 0 Å². The van der Waals surface area contributed by atoms with Crippen LogP contribution in [0.15, 0.2) is 71.1 Å². The fourth-order valence-electron chi connectivity index (χ4n) is 3.12. The van der Waals surface area contributed by atoms with Crippen LogP contribution in [0.25, 0.3) is 0 Å². The average Bonchev–Trinajstić information content (AvgIpc) is 3.05. The third-order valence-corrected chi connectivity index (χ3v) is 4.49. The maximum atomic E-state index is 12.5. The number of furan rings is 1. The predicted molar refractivity (Wildman–Crippen MR) is 108 cm³/mol. The fraction of sp³-hybridized carbons (Fsp3) is 0.217. The number of carbonyl (C=O) groups excluding carboxylic acids is 2. The van der Waals surface area contributed by atoms with E-state index in [0.717, 1.165) is 11.1 Å². The summed E-state index contributed by atoms with van der Waals surface area (Å²) in [7, 11) is 0. The maximum absolute atomic E-state index is 12.5. The molecule has 2 aromatic carbocycles. The first-order valence-electron chi connectivity index (χ1n) is 9.29. The van der Waals surface area contributed by atoms with Gasteiger partial charge in [0.1, 0.15) is 11.5 Å². The van der Waals surface area contributed by atoms with Gasteiger partial charge in [0.15, 0.2) is 0 Å². The van der Waals surface area contributed by atoms with Crippen LogP contribution in [0.3, 0.4) is 0 Å². The Balaban J connectivity index is 1.60. The monoisotopic (exact) mass is 376 g/mol. The van der Waals surface area contributed by atoms with Crippen molar-refractivity contribution in [1.82, 2.24) is 10.6 Å². The summed E-state index contributed by atoms with van der Waals surface area (Å²) in [5, 5.41) is 5.85. The van der Waals surface area contributed by atoms with E-state index in [0.29, 0.717) is 17.1 Å². The van der Waals surface area contributed by atoms with Gasteiger partial charge in [-0.05, 0) is 31.0 Å². The zero-order valence-electron chi connectivity index (χ0n) is 16.1. The Bertz CT molecular complexity index is 893. The molecule has 0 radical (unpaired) electrons. The van der Waals surface area contributed by atoms with Crippen LogP contribution in [-0.4, -0.2) is 18.4 Å². The lowest BCUT2D eigenvalue weighted by molar-refractivity contribution is -0.121. The Morgan fingerprint density at radius 3 is 2.00 bits per heavy atom. The van der Waals surface area contributed by atoms with Crippen LogP contribution in [0.2, 0.25) is 0 Å². The van der Waals surface area contributed by atoms with E-state index in [4.69, 9.17) is 4.42 Å². The molecule has 0 aliphatic carbocycles. The van der Waals surface area contributed by atoms with Crippen molar-refractivity contribution >= 4 is 11.8 Å². The Labute approximate surface area is 164 Å². The van der Waals surface area contributed by atoms with Crippen molar-refractivity contribution in [3.8, 4) is 0 Å². The van der Waals surface area contributed by atoms with Crippen LogP contribution in [0.4, 0.5) is 0 Å². The molecule has 2 N–H and O–H groups in total. The molecule has 5 heteroatoms. The molecule has 0 aliphatic rings. The summed E-state index contributed by atoms with van der Waals surface area (Å²) in [5.74, 6) is 0.907. The molecular formula is C23H24N2O3. The van der Waals surface area contributed by atoms with Crippen molar-refractivity contribution in [2.75, 3.05) is 6.54 Å². The highest BCUT2D eigenvalue weighted by Gasteiger charge is 2.17. The van der Waals surface area contributed by atoms with Crippen LogP contribution >= 0.6 is 0 Å². The first kappa shape index (κ1) is 19.4. The molecule has 1 aromatic heterocycles. The van der Waals surface area contributed by atoms with E-state index in [9.17, 15) is 9.59 Å². The van der Waals surface area contributed by atoms with E-state index in [1.807, 2.05) is 60.7 Å². The lowest BCUT2D eigenvalue weighted by atomic mass is 9.98. The van der Waals surface area contributed by atoms with Gasteiger partial charge in [0.05, 0.1) is 11.6 Å². The fourth-order valence-corrected chi connectivity index (χ4v) is 3.12. The number of rotatable bonds is 7. The van der Waals surface area contributed by atoms with Gasteiger partial charge < -0.3 is 15.1 Å². The smallest absolute Gasteiger partial charge is 0.254 e. The van der Waals surface area contributed by atoms with Crippen molar-refractivity contribution in [3.05, 3.63) is 94.9 Å². The Morgan fingerprint density at radius 2 is 1.50 bits per heavy atom. The molecule has 0 unspecified atom stereocenters. The van der Waals surface area contributed by atoms with Crippen molar-refractivity contribution in [3.63, 3.8) is 0 Å². The van der Waals surface area contributed by atoms with Crippen LogP contribution in [0.1, 0.15) is 45.5 Å². The summed E-state index contributed by atoms with van der Waals surface area (Å²) < 4.78 is 5.37. The summed E-state index contributed by atoms with van der Waals surface area (Å²) in [4.78, 5) is 24.7. The van der Waals surface area contributed by atoms with Gasteiger partial charge >= 0.3 is 0 Å². The molecular weight excluding hydrogens is 352 g/mol. The molecule has 0 bridgehead atoms. The van der Waals surface area contributed by atoms with Crippen LogP contribution in [-0.2, 0) is 4.79 Å². The Morgan fingerprint density at radius 1 is 0.929 bits per heavy atom. The first-order chi connectivity index (χ1) is 13.5. The van der Waals surface area contributed by atoms with E-state index in [1.165, 1.54) is 0 Å². The van der Waals surface area contributed by atoms with Crippen molar-refractivity contribution in [2.24, 2.45) is 0 Å². The molecule has 144 valence electrons. The first-order valence-corrected chi connectivity index (χ1v) is 9.29. The van der Waals surface area contributed by atoms with Gasteiger partial charge in [-0.1, -0.05) is 60.7 Å². The molecule has 5 nitrogen and oxygen atoms in total. The minimum atomic E-state index is -0.232. The lowest BCUT2D eigenvalue weighted by Crippen LogP contribution is -2.33. The molecule has 3 aromatic rings. The molecule has 28 heavy (non-hydrogen) atoms. The van der Waals surface area contributed by atoms with E-state index in [-0.39, 0.29) is 30.8 Å². The highest BCUT2D eigenvalue weighted by molar-refractivity contribution is 5.95. The summed E-state index contributed by atoms with van der Waals surface area (Å²) >= 11 is 0. The van der Waals surface area contributed by atoms with Crippen molar-refractivity contribution in [2.45, 2.75) is 26.3 Å². The molecule has 0 saturated carbocycles. The van der Waals surface area contributed by atoms with Crippen molar-refractivity contribution < 1.29 is 14.0 Å². The predicted octanol–water partition coefficient (Wildman–Crippen LogP) is 3.92. The number of aryl methyl sites for hydroxylation is 2. The SMILES string of the molecule is Cc1cc(C(=O)NCCC(=O)NC(c2ccccc2)c2ccccc2)c(C)o1. The molecule has 0 fully saturated rings. The summed E-state index contributed by atoms with van der Waals surface area (Å²) in [6.45, 7) is 3.80. The zero-order chi connectivity index (χ0) is 19.9. The number of hydrogen-bond acceptors (Lipinski definition) is 3. The Hall–Kier alpha value is -3.34. The highest BCUT2D eigenvalue weighted by atomic mass is 16.3. The number of hydrogen-bond donors (Lipinski definition) is 2. The second-order valence-electron chi connectivity index (χ2n) is 6.65. The van der Waals surface area contributed by atoms with E-state index >= 15 is 0 Å². The standard InChI is InChI=1S/C23H24N2O3/c1-16-15-20(17(2)28-16)23(27)24-14-13-21(26)25-22(18-9-5-3-6-10-18)19-11-7-4-8-12-19/h3-12,15,22H,13-14H2,1-2H3,(H,24,27)(H,25,26). The van der Waals surface area contributed by atoms with E-state index < -0.39 is 0 Å². The minimum Gasteiger partial charge on any atom is -0.466 e. The lowest BCUT2D eigenvalue weighted by Gasteiger charge is -2.20. The van der Waals surface area contributed by atoms with Crippen LogP contribution < -0.4 is 10.6 Å². The van der Waals surface area contributed by atoms with Gasteiger partial charge in [0.2, 0.25) is 5.91 Å². The number of carbonyl (C=O) groups is 2. The quantitative estimate of drug-likeness (QED) is 0.656. The second-order valence-corrected chi connectivity index (χ2v) is 6.65. The summed E-state index contributed by atoms with van der Waals surface area (Å²) in [5.41, 5.74) is 2.52. The normalized spacial score (nSPS) is 10.7. The number of benzene rings is 2. The highest BCUT2D eigenvalue weighted by Crippen LogP contribution is 2.21. The largest absolute Gasteiger partial charge is 0.466 e. The summed E-state index contributed by atoms with van der Waals surface area (Å²) in [6, 6.07) is 21.1. The summed E-state index contributed by atoms with van der Waals surface area (Å²) in [6.07, 6.45) is 0.192. The number of amides is 2. The molecule has 0 spiro atoms. The topological polar surface area (TPSA) is 71.3 Å².